The van der Waals surface area contributed by atoms with Crippen LogP contribution >= 0.6 is 11.8 Å². The second-order valence-corrected chi connectivity index (χ2v) is 8.24. The SMILES string of the molecule is CC(C)CSc1nnc(CCNC(=O)c2ccc(-c3cccc(F)c3)cc2)n1C. The Bertz CT molecular complexity index is 969. The van der Waals surface area contributed by atoms with Gasteiger partial charge in [-0.3, -0.25) is 4.79 Å². The van der Waals surface area contributed by atoms with Crippen molar-refractivity contribution in [3.63, 3.8) is 0 Å². The zero-order valence-corrected chi connectivity index (χ0v) is 17.7. The van der Waals surface area contributed by atoms with E-state index in [1.165, 1.54) is 12.1 Å². The molecule has 0 bridgehead atoms. The molecule has 0 unspecified atom stereocenters. The third kappa shape index (κ3) is 5.67. The first-order valence-electron chi connectivity index (χ1n) is 9.59. The lowest BCUT2D eigenvalue weighted by atomic mass is 10.0. The van der Waals surface area contributed by atoms with E-state index in [-0.39, 0.29) is 11.7 Å². The number of rotatable bonds is 8. The lowest BCUT2D eigenvalue weighted by molar-refractivity contribution is 0.0954. The van der Waals surface area contributed by atoms with Gasteiger partial charge in [-0.1, -0.05) is 49.9 Å². The maximum Gasteiger partial charge on any atom is 0.251 e. The highest BCUT2D eigenvalue weighted by Gasteiger charge is 2.11. The van der Waals surface area contributed by atoms with Crippen molar-refractivity contribution in [1.82, 2.24) is 20.1 Å². The lowest BCUT2D eigenvalue weighted by Gasteiger charge is -2.08. The Balaban J connectivity index is 1.53. The summed E-state index contributed by atoms with van der Waals surface area (Å²) < 4.78 is 15.4. The van der Waals surface area contributed by atoms with Crippen molar-refractivity contribution in [1.29, 1.82) is 0 Å². The summed E-state index contributed by atoms with van der Waals surface area (Å²) in [6.07, 6.45) is 0.610. The van der Waals surface area contributed by atoms with E-state index in [2.05, 4.69) is 29.4 Å². The van der Waals surface area contributed by atoms with Crippen LogP contribution in [0.5, 0.6) is 0 Å². The fourth-order valence-corrected chi connectivity index (χ4v) is 3.68. The summed E-state index contributed by atoms with van der Waals surface area (Å²) in [5.41, 5.74) is 2.22. The Morgan fingerprint density at radius 1 is 1.14 bits per heavy atom. The number of aromatic nitrogens is 3. The first-order valence-corrected chi connectivity index (χ1v) is 10.6. The van der Waals surface area contributed by atoms with Crippen LogP contribution in [-0.4, -0.2) is 33.0 Å². The van der Waals surface area contributed by atoms with E-state index >= 15 is 0 Å². The topological polar surface area (TPSA) is 59.8 Å². The normalized spacial score (nSPS) is 11.1. The molecule has 152 valence electrons. The molecule has 29 heavy (non-hydrogen) atoms. The molecule has 1 aromatic heterocycles. The van der Waals surface area contributed by atoms with E-state index in [0.29, 0.717) is 24.4 Å². The van der Waals surface area contributed by atoms with E-state index in [9.17, 15) is 9.18 Å². The van der Waals surface area contributed by atoms with Crippen molar-refractivity contribution >= 4 is 17.7 Å². The molecule has 0 aliphatic heterocycles. The number of hydrogen-bond donors (Lipinski definition) is 1. The van der Waals surface area contributed by atoms with Crippen LogP contribution in [0.2, 0.25) is 0 Å². The minimum Gasteiger partial charge on any atom is -0.352 e. The number of carbonyl (C=O) groups excluding carboxylic acids is 1. The predicted molar refractivity (Wildman–Crippen MR) is 114 cm³/mol. The fourth-order valence-electron chi connectivity index (χ4n) is 2.80. The molecule has 0 aliphatic carbocycles. The third-order valence-corrected chi connectivity index (χ3v) is 5.86. The van der Waals surface area contributed by atoms with Gasteiger partial charge in [-0.15, -0.1) is 10.2 Å². The fraction of sp³-hybridized carbons (Fsp3) is 0.318. The number of nitrogens with zero attached hydrogens (tertiary/aromatic N) is 3. The maximum absolute atomic E-state index is 13.4. The van der Waals surface area contributed by atoms with Crippen LogP contribution < -0.4 is 5.32 Å². The number of hydrogen-bond acceptors (Lipinski definition) is 4. The van der Waals surface area contributed by atoms with Crippen LogP contribution in [0.3, 0.4) is 0 Å². The smallest absolute Gasteiger partial charge is 0.251 e. The molecule has 5 nitrogen and oxygen atoms in total. The van der Waals surface area contributed by atoms with Crippen LogP contribution in [0.25, 0.3) is 11.1 Å². The lowest BCUT2D eigenvalue weighted by Crippen LogP contribution is -2.26. The highest BCUT2D eigenvalue weighted by molar-refractivity contribution is 7.99. The number of thioether (sulfide) groups is 1. The second kappa shape index (κ2) is 9.69. The summed E-state index contributed by atoms with van der Waals surface area (Å²) in [6.45, 7) is 4.82. The molecular weight excluding hydrogens is 387 g/mol. The quantitative estimate of drug-likeness (QED) is 0.559. The highest BCUT2D eigenvalue weighted by atomic mass is 32.2. The molecule has 7 heteroatoms. The van der Waals surface area contributed by atoms with Crippen molar-refractivity contribution in [2.75, 3.05) is 12.3 Å². The molecule has 0 atom stereocenters. The molecule has 1 heterocycles. The summed E-state index contributed by atoms with van der Waals surface area (Å²) in [5.74, 6) is 2.00. The molecule has 0 saturated heterocycles. The van der Waals surface area contributed by atoms with Crippen LogP contribution in [-0.2, 0) is 13.5 Å². The van der Waals surface area contributed by atoms with E-state index in [4.69, 9.17) is 0 Å². The Morgan fingerprint density at radius 3 is 2.59 bits per heavy atom. The van der Waals surface area contributed by atoms with Crippen LogP contribution in [0.4, 0.5) is 4.39 Å². The Hall–Kier alpha value is -2.67. The molecular formula is C22H25FN4OS. The predicted octanol–water partition coefficient (Wildman–Crippen LogP) is 4.34. The highest BCUT2D eigenvalue weighted by Crippen LogP contribution is 2.21. The van der Waals surface area contributed by atoms with Gasteiger partial charge in [0.25, 0.3) is 5.91 Å². The average Bonchev–Trinajstić information content (AvgIpc) is 3.06. The summed E-state index contributed by atoms with van der Waals surface area (Å²) in [6, 6.07) is 13.5. The number of halogens is 1. The van der Waals surface area contributed by atoms with Gasteiger partial charge in [0.15, 0.2) is 5.16 Å². The van der Waals surface area contributed by atoms with Crippen LogP contribution in [0.15, 0.2) is 53.7 Å². The molecule has 1 amide bonds. The van der Waals surface area contributed by atoms with Crippen LogP contribution in [0, 0.1) is 11.7 Å². The first kappa shape index (κ1) is 21.0. The molecule has 3 aromatic rings. The number of amides is 1. The summed E-state index contributed by atoms with van der Waals surface area (Å²) in [7, 11) is 1.95. The minimum absolute atomic E-state index is 0.146. The van der Waals surface area contributed by atoms with Gasteiger partial charge in [-0.05, 0) is 41.3 Å². The Labute approximate surface area is 174 Å². The van der Waals surface area contributed by atoms with Crippen molar-refractivity contribution in [2.24, 2.45) is 13.0 Å². The molecule has 0 radical (unpaired) electrons. The van der Waals surface area contributed by atoms with Gasteiger partial charge in [0.1, 0.15) is 11.6 Å². The minimum atomic E-state index is -0.279. The summed E-state index contributed by atoms with van der Waals surface area (Å²) in [4.78, 5) is 12.4. The average molecular weight is 413 g/mol. The monoisotopic (exact) mass is 412 g/mol. The molecule has 0 fully saturated rings. The standard InChI is InChI=1S/C22H25FN4OS/c1-15(2)14-29-22-26-25-20(27(22)3)11-12-24-21(28)17-9-7-16(8-10-17)18-5-4-6-19(23)13-18/h4-10,13,15H,11-12,14H2,1-3H3,(H,24,28). The Morgan fingerprint density at radius 2 is 1.90 bits per heavy atom. The van der Waals surface area contributed by atoms with E-state index in [1.807, 2.05) is 29.8 Å². The van der Waals surface area contributed by atoms with Crippen molar-refractivity contribution < 1.29 is 9.18 Å². The van der Waals surface area contributed by atoms with E-state index in [0.717, 1.165) is 27.9 Å². The van der Waals surface area contributed by atoms with E-state index in [1.54, 1.807) is 30.0 Å². The molecule has 0 saturated carbocycles. The third-order valence-electron chi connectivity index (χ3n) is 4.41. The van der Waals surface area contributed by atoms with Crippen molar-refractivity contribution in [3.8, 4) is 11.1 Å². The maximum atomic E-state index is 13.4. The Kier molecular flexibility index (Phi) is 7.04. The van der Waals surface area contributed by atoms with Crippen LogP contribution in [0.1, 0.15) is 30.0 Å². The molecule has 0 spiro atoms. The van der Waals surface area contributed by atoms with Gasteiger partial charge >= 0.3 is 0 Å². The van der Waals surface area contributed by atoms with E-state index < -0.39 is 0 Å². The van der Waals surface area contributed by atoms with Gasteiger partial charge in [-0.2, -0.15) is 0 Å². The molecule has 3 rings (SSSR count). The van der Waals surface area contributed by atoms with Gasteiger partial charge in [0.2, 0.25) is 0 Å². The van der Waals surface area contributed by atoms with Crippen molar-refractivity contribution in [2.45, 2.75) is 25.4 Å². The molecule has 0 aliphatic rings. The van der Waals surface area contributed by atoms with Gasteiger partial charge in [-0.25, -0.2) is 4.39 Å². The molecule has 2 aromatic carbocycles. The number of carbonyl (C=O) groups is 1. The largest absolute Gasteiger partial charge is 0.352 e. The zero-order valence-electron chi connectivity index (χ0n) is 16.9. The van der Waals surface area contributed by atoms with Gasteiger partial charge < -0.3 is 9.88 Å². The summed E-state index contributed by atoms with van der Waals surface area (Å²) >= 11 is 1.69. The number of nitrogens with one attached hydrogen (secondary N) is 1. The number of benzene rings is 2. The zero-order chi connectivity index (χ0) is 20.8. The van der Waals surface area contributed by atoms with Crippen molar-refractivity contribution in [3.05, 3.63) is 65.7 Å². The van der Waals surface area contributed by atoms with Gasteiger partial charge in [0.05, 0.1) is 0 Å². The van der Waals surface area contributed by atoms with Gasteiger partial charge in [0, 0.05) is 31.3 Å². The second-order valence-electron chi connectivity index (χ2n) is 7.26. The summed E-state index contributed by atoms with van der Waals surface area (Å²) in [5, 5.41) is 12.3. The molecule has 1 N–H and O–H groups in total. The first-order chi connectivity index (χ1) is 13.9.